The number of halogens is 1. The maximum Gasteiger partial charge on any atom is 0.193 e. The Labute approximate surface area is 88.9 Å². The van der Waals surface area contributed by atoms with Gasteiger partial charge >= 0.3 is 0 Å². The molecule has 1 saturated carbocycles. The zero-order chi connectivity index (χ0) is 9.97. The summed E-state index contributed by atoms with van der Waals surface area (Å²) >= 11 is 5.67. The maximum absolute atomic E-state index is 5.67. The lowest BCUT2D eigenvalue weighted by Gasteiger charge is -2.01. The normalized spacial score (nSPS) is 17.4. The molecule has 3 heteroatoms. The van der Waals surface area contributed by atoms with Gasteiger partial charge < -0.3 is 9.73 Å². The summed E-state index contributed by atoms with van der Waals surface area (Å²) in [5.74, 6) is 0.824. The van der Waals surface area contributed by atoms with Crippen molar-refractivity contribution in [1.82, 2.24) is 5.32 Å². The summed E-state index contributed by atoms with van der Waals surface area (Å²) < 4.78 is 5.24. The third-order valence-corrected chi connectivity index (χ3v) is 2.43. The van der Waals surface area contributed by atoms with E-state index in [0.29, 0.717) is 5.22 Å². The fourth-order valence-corrected chi connectivity index (χ4v) is 1.44. The highest BCUT2D eigenvalue weighted by Gasteiger charge is 2.19. The molecule has 0 atom stereocenters. The van der Waals surface area contributed by atoms with E-state index in [4.69, 9.17) is 16.0 Å². The van der Waals surface area contributed by atoms with Crippen molar-refractivity contribution >= 4 is 17.7 Å². The van der Waals surface area contributed by atoms with Crippen LogP contribution in [0.2, 0.25) is 5.22 Å². The molecular weight excluding hydrogens is 198 g/mol. The van der Waals surface area contributed by atoms with Crippen molar-refractivity contribution in [3.05, 3.63) is 28.7 Å². The molecule has 0 amide bonds. The largest absolute Gasteiger partial charge is 0.445 e. The van der Waals surface area contributed by atoms with E-state index in [9.17, 15) is 0 Å². The molecule has 0 aliphatic heterocycles. The second kappa shape index (κ2) is 4.20. The van der Waals surface area contributed by atoms with Crippen LogP contribution in [0.5, 0.6) is 0 Å². The lowest BCUT2D eigenvalue weighted by atomic mass is 10.2. The lowest BCUT2D eigenvalue weighted by molar-refractivity contribution is 0.558. The fourth-order valence-electron chi connectivity index (χ4n) is 1.29. The highest BCUT2D eigenvalue weighted by molar-refractivity contribution is 6.28. The Balaban J connectivity index is 1.88. The van der Waals surface area contributed by atoms with E-state index in [-0.39, 0.29) is 0 Å². The second-order valence-electron chi connectivity index (χ2n) is 3.79. The first-order chi connectivity index (χ1) is 6.74. The van der Waals surface area contributed by atoms with Gasteiger partial charge in [0, 0.05) is 12.6 Å². The van der Waals surface area contributed by atoms with Crippen LogP contribution < -0.4 is 5.32 Å². The molecule has 2 rings (SSSR count). The summed E-state index contributed by atoms with van der Waals surface area (Å²) in [5, 5.41) is 3.88. The molecule has 0 saturated heterocycles. The molecule has 0 spiro atoms. The van der Waals surface area contributed by atoms with Crippen LogP contribution in [-0.4, -0.2) is 12.6 Å². The third-order valence-electron chi connectivity index (χ3n) is 2.23. The van der Waals surface area contributed by atoms with E-state index in [2.05, 4.69) is 12.2 Å². The molecular formula is C11H14ClNO. The molecule has 14 heavy (non-hydrogen) atoms. The summed E-state index contributed by atoms with van der Waals surface area (Å²) in [4.78, 5) is 0. The minimum Gasteiger partial charge on any atom is -0.445 e. The number of furan rings is 1. The molecule has 0 radical (unpaired) electrons. The van der Waals surface area contributed by atoms with Gasteiger partial charge in [0.05, 0.1) is 0 Å². The molecule has 1 aromatic rings. The van der Waals surface area contributed by atoms with Gasteiger partial charge in [-0.1, -0.05) is 5.57 Å². The monoisotopic (exact) mass is 211 g/mol. The van der Waals surface area contributed by atoms with E-state index in [0.717, 1.165) is 18.3 Å². The van der Waals surface area contributed by atoms with Gasteiger partial charge in [0.1, 0.15) is 5.76 Å². The number of nitrogens with one attached hydrogen (secondary N) is 1. The SMILES string of the molecule is CC(=Cc1ccc(Cl)o1)CNC1CC1. The first-order valence-corrected chi connectivity index (χ1v) is 5.28. The van der Waals surface area contributed by atoms with Crippen LogP contribution in [0.1, 0.15) is 25.5 Å². The van der Waals surface area contributed by atoms with E-state index in [1.165, 1.54) is 18.4 Å². The smallest absolute Gasteiger partial charge is 0.193 e. The van der Waals surface area contributed by atoms with Crippen molar-refractivity contribution in [2.75, 3.05) is 6.54 Å². The van der Waals surface area contributed by atoms with Crippen LogP contribution in [0.15, 0.2) is 22.1 Å². The number of rotatable bonds is 4. The van der Waals surface area contributed by atoms with Crippen LogP contribution in [0.25, 0.3) is 6.08 Å². The molecule has 1 aromatic heterocycles. The first kappa shape index (κ1) is 9.81. The molecule has 1 N–H and O–H groups in total. The summed E-state index contributed by atoms with van der Waals surface area (Å²) in [6.07, 6.45) is 4.65. The van der Waals surface area contributed by atoms with Crippen molar-refractivity contribution in [3.63, 3.8) is 0 Å². The van der Waals surface area contributed by atoms with Crippen LogP contribution in [0, 0.1) is 0 Å². The van der Waals surface area contributed by atoms with E-state index in [1.54, 1.807) is 6.07 Å². The Morgan fingerprint density at radius 1 is 1.64 bits per heavy atom. The summed E-state index contributed by atoms with van der Waals surface area (Å²) in [5.41, 5.74) is 1.27. The molecule has 76 valence electrons. The highest BCUT2D eigenvalue weighted by Crippen LogP contribution is 2.19. The molecule has 0 bridgehead atoms. The van der Waals surface area contributed by atoms with Crippen LogP contribution >= 0.6 is 11.6 Å². The van der Waals surface area contributed by atoms with Gasteiger partial charge in [-0.05, 0) is 49.6 Å². The fraction of sp³-hybridized carbons (Fsp3) is 0.455. The van der Waals surface area contributed by atoms with Gasteiger partial charge in [-0.3, -0.25) is 0 Å². The number of hydrogen-bond acceptors (Lipinski definition) is 2. The second-order valence-corrected chi connectivity index (χ2v) is 4.16. The molecule has 2 nitrogen and oxygen atoms in total. The van der Waals surface area contributed by atoms with Gasteiger partial charge in [-0.15, -0.1) is 0 Å². The van der Waals surface area contributed by atoms with Crippen molar-refractivity contribution in [3.8, 4) is 0 Å². The average molecular weight is 212 g/mol. The Morgan fingerprint density at radius 3 is 3.00 bits per heavy atom. The summed E-state index contributed by atoms with van der Waals surface area (Å²) in [7, 11) is 0. The molecule has 1 aliphatic rings. The highest BCUT2D eigenvalue weighted by atomic mass is 35.5. The Kier molecular flexibility index (Phi) is 2.94. The Morgan fingerprint density at radius 2 is 2.43 bits per heavy atom. The quantitative estimate of drug-likeness (QED) is 0.828. The van der Waals surface area contributed by atoms with Crippen LogP contribution in [-0.2, 0) is 0 Å². The number of hydrogen-bond donors (Lipinski definition) is 1. The van der Waals surface area contributed by atoms with Crippen molar-refractivity contribution < 1.29 is 4.42 Å². The molecule has 0 unspecified atom stereocenters. The lowest BCUT2D eigenvalue weighted by Crippen LogP contribution is -2.18. The standard InChI is InChI=1S/C11H14ClNO/c1-8(7-13-9-2-3-9)6-10-4-5-11(12)14-10/h4-6,9,13H,2-3,7H2,1H3. The third kappa shape index (κ3) is 2.89. The minimum absolute atomic E-state index is 0.444. The average Bonchev–Trinajstić information content (AvgIpc) is 2.88. The van der Waals surface area contributed by atoms with Crippen molar-refractivity contribution in [2.24, 2.45) is 0 Å². The zero-order valence-corrected chi connectivity index (χ0v) is 8.97. The molecule has 1 fully saturated rings. The molecule has 1 heterocycles. The van der Waals surface area contributed by atoms with E-state index < -0.39 is 0 Å². The Bertz CT molecular complexity index is 339. The minimum atomic E-state index is 0.444. The van der Waals surface area contributed by atoms with Gasteiger partial charge in [0.2, 0.25) is 0 Å². The van der Waals surface area contributed by atoms with Crippen molar-refractivity contribution in [2.45, 2.75) is 25.8 Å². The summed E-state index contributed by atoms with van der Waals surface area (Å²) in [6, 6.07) is 4.39. The molecule has 0 aromatic carbocycles. The van der Waals surface area contributed by atoms with Crippen LogP contribution in [0.3, 0.4) is 0 Å². The van der Waals surface area contributed by atoms with Gasteiger partial charge in [0.15, 0.2) is 5.22 Å². The van der Waals surface area contributed by atoms with E-state index >= 15 is 0 Å². The zero-order valence-electron chi connectivity index (χ0n) is 8.22. The van der Waals surface area contributed by atoms with E-state index in [1.807, 2.05) is 12.1 Å². The van der Waals surface area contributed by atoms with Crippen LogP contribution in [0.4, 0.5) is 0 Å². The first-order valence-electron chi connectivity index (χ1n) is 4.90. The van der Waals surface area contributed by atoms with Gasteiger partial charge in [-0.2, -0.15) is 0 Å². The Hall–Kier alpha value is -0.730. The molecule has 1 aliphatic carbocycles. The maximum atomic E-state index is 5.67. The van der Waals surface area contributed by atoms with Crippen molar-refractivity contribution in [1.29, 1.82) is 0 Å². The summed E-state index contributed by atoms with van der Waals surface area (Å²) in [6.45, 7) is 3.02. The topological polar surface area (TPSA) is 25.2 Å². The predicted octanol–water partition coefficient (Wildman–Crippen LogP) is 3.09. The predicted molar refractivity (Wildman–Crippen MR) is 58.4 cm³/mol. The van der Waals surface area contributed by atoms with Gasteiger partial charge in [-0.25, -0.2) is 0 Å². The van der Waals surface area contributed by atoms with Gasteiger partial charge in [0.25, 0.3) is 0 Å².